The van der Waals surface area contributed by atoms with Gasteiger partial charge in [0.05, 0.1) is 37.1 Å². The summed E-state index contributed by atoms with van der Waals surface area (Å²) in [4.78, 5) is 31.9. The molecule has 2 aliphatic heterocycles. The lowest BCUT2D eigenvalue weighted by atomic mass is 10.2. The summed E-state index contributed by atoms with van der Waals surface area (Å²) < 4.78 is 45.1. The molecule has 174 valence electrons. The van der Waals surface area contributed by atoms with Gasteiger partial charge in [-0.05, 0) is 30.4 Å². The highest BCUT2D eigenvalue weighted by Gasteiger charge is 2.64. The molecule has 14 heteroatoms. The largest absolute Gasteiger partial charge is 0.438 e. The fourth-order valence-electron chi connectivity index (χ4n) is 3.81. The molecule has 2 saturated heterocycles. The third kappa shape index (κ3) is 4.25. The van der Waals surface area contributed by atoms with E-state index in [9.17, 15) is 22.8 Å². The van der Waals surface area contributed by atoms with Crippen LogP contribution >= 0.6 is 12.2 Å². The molecule has 32 heavy (non-hydrogen) atoms. The van der Waals surface area contributed by atoms with E-state index in [2.05, 4.69) is 5.32 Å². The smallest absolute Gasteiger partial charge is 0.415 e. The van der Waals surface area contributed by atoms with Crippen LogP contribution in [0.3, 0.4) is 0 Å². The van der Waals surface area contributed by atoms with Gasteiger partial charge >= 0.3 is 12.5 Å². The molecule has 2 amide bonds. The van der Waals surface area contributed by atoms with Crippen molar-refractivity contribution < 1.29 is 37.5 Å². The van der Waals surface area contributed by atoms with Crippen LogP contribution in [0.1, 0.15) is 6.42 Å². The molecule has 2 heterocycles. The first kappa shape index (κ1) is 22.4. The number of benzene rings is 1. The van der Waals surface area contributed by atoms with E-state index in [1.165, 1.54) is 22.1 Å². The molecular formula is C18H20F3N5O5S. The van der Waals surface area contributed by atoms with Crippen LogP contribution in [0, 0.1) is 5.82 Å². The maximum Gasteiger partial charge on any atom is 0.415 e. The second-order valence-corrected chi connectivity index (χ2v) is 7.95. The van der Waals surface area contributed by atoms with Crippen LogP contribution in [0.25, 0.3) is 0 Å². The second kappa shape index (κ2) is 8.60. The normalized spacial score (nSPS) is 25.1. The van der Waals surface area contributed by atoms with Crippen molar-refractivity contribution >= 4 is 40.7 Å². The Morgan fingerprint density at radius 2 is 2.09 bits per heavy atom. The summed E-state index contributed by atoms with van der Waals surface area (Å²) in [6.45, 7) is 1.21. The number of nitrogens with zero attached hydrogens (tertiary/aromatic N) is 3. The SMILES string of the molecule is O=C(NC1C[C@@]12CN(c1ccc(N3CCON(C(=S)NO)CC3)c(F)c1)C(=O)O2)C(F)F. The molecule has 0 radical (unpaired) electrons. The van der Waals surface area contributed by atoms with Crippen molar-refractivity contribution in [2.45, 2.75) is 24.5 Å². The van der Waals surface area contributed by atoms with Gasteiger partial charge in [-0.1, -0.05) is 0 Å². The minimum atomic E-state index is -3.16. The Kier molecular flexibility index (Phi) is 6.01. The highest BCUT2D eigenvalue weighted by molar-refractivity contribution is 7.80. The molecule has 1 saturated carbocycles. The summed E-state index contributed by atoms with van der Waals surface area (Å²) in [5.74, 6) is -2.00. The lowest BCUT2D eigenvalue weighted by Crippen LogP contribution is -2.39. The molecule has 3 aliphatic rings. The molecule has 1 spiro atoms. The van der Waals surface area contributed by atoms with E-state index in [1.54, 1.807) is 11.0 Å². The van der Waals surface area contributed by atoms with E-state index in [0.717, 1.165) is 0 Å². The van der Waals surface area contributed by atoms with Gasteiger partial charge in [-0.25, -0.2) is 19.7 Å². The van der Waals surface area contributed by atoms with Crippen LogP contribution in [0.5, 0.6) is 0 Å². The lowest BCUT2D eigenvalue weighted by Gasteiger charge is -2.24. The summed E-state index contributed by atoms with van der Waals surface area (Å²) in [6, 6.07) is 3.55. The van der Waals surface area contributed by atoms with Gasteiger partial charge in [0.1, 0.15) is 5.82 Å². The minimum absolute atomic E-state index is 0.00716. The summed E-state index contributed by atoms with van der Waals surface area (Å²) in [6.07, 6.45) is -3.69. The van der Waals surface area contributed by atoms with Gasteiger partial charge in [-0.2, -0.15) is 8.78 Å². The molecule has 3 fully saturated rings. The molecule has 1 aromatic carbocycles. The van der Waals surface area contributed by atoms with E-state index in [1.807, 2.05) is 5.48 Å². The van der Waals surface area contributed by atoms with Crippen LogP contribution < -0.4 is 20.6 Å². The number of hydroxylamine groups is 3. The van der Waals surface area contributed by atoms with E-state index in [4.69, 9.17) is 27.0 Å². The van der Waals surface area contributed by atoms with Crippen LogP contribution in [0.4, 0.5) is 29.3 Å². The number of carbonyl (C=O) groups excluding carboxylic acids is 2. The van der Waals surface area contributed by atoms with Crippen LogP contribution in [0.2, 0.25) is 0 Å². The molecule has 1 unspecified atom stereocenters. The van der Waals surface area contributed by atoms with E-state index >= 15 is 0 Å². The number of hydrogen-bond donors (Lipinski definition) is 3. The third-order valence-electron chi connectivity index (χ3n) is 5.56. The molecule has 0 bridgehead atoms. The van der Waals surface area contributed by atoms with Gasteiger partial charge < -0.3 is 15.0 Å². The first-order valence-corrected chi connectivity index (χ1v) is 10.1. The second-order valence-electron chi connectivity index (χ2n) is 7.56. The summed E-state index contributed by atoms with van der Waals surface area (Å²) >= 11 is 4.91. The van der Waals surface area contributed by atoms with Crippen LogP contribution in [0.15, 0.2) is 18.2 Å². The molecule has 4 rings (SSSR count). The van der Waals surface area contributed by atoms with Crippen molar-refractivity contribution in [3.05, 3.63) is 24.0 Å². The van der Waals surface area contributed by atoms with Gasteiger partial charge in [0.15, 0.2) is 5.60 Å². The summed E-state index contributed by atoms with van der Waals surface area (Å²) in [7, 11) is 0. The van der Waals surface area contributed by atoms with Gasteiger partial charge in [0, 0.05) is 19.5 Å². The summed E-state index contributed by atoms with van der Waals surface area (Å²) in [5.41, 5.74) is 1.29. The van der Waals surface area contributed by atoms with Crippen molar-refractivity contribution in [1.29, 1.82) is 0 Å². The zero-order chi connectivity index (χ0) is 23.0. The van der Waals surface area contributed by atoms with Crippen molar-refractivity contribution in [2.75, 3.05) is 42.6 Å². The predicted molar refractivity (Wildman–Crippen MR) is 108 cm³/mol. The minimum Gasteiger partial charge on any atom is -0.438 e. The zero-order valence-corrected chi connectivity index (χ0v) is 17.4. The Hall–Kier alpha value is -2.84. The van der Waals surface area contributed by atoms with Crippen molar-refractivity contribution in [3.8, 4) is 0 Å². The number of rotatable bonds is 4. The Bertz CT molecular complexity index is 940. The lowest BCUT2D eigenvalue weighted by molar-refractivity contribution is -0.132. The van der Waals surface area contributed by atoms with E-state index < -0.39 is 35.9 Å². The van der Waals surface area contributed by atoms with Crippen molar-refractivity contribution in [2.24, 2.45) is 0 Å². The Morgan fingerprint density at radius 3 is 2.78 bits per heavy atom. The monoisotopic (exact) mass is 475 g/mol. The summed E-state index contributed by atoms with van der Waals surface area (Å²) in [5, 5.41) is 12.3. The van der Waals surface area contributed by atoms with Gasteiger partial charge in [0.2, 0.25) is 5.11 Å². The number of anilines is 2. The molecular weight excluding hydrogens is 455 g/mol. The highest BCUT2D eigenvalue weighted by Crippen LogP contribution is 2.46. The number of alkyl halides is 2. The fourth-order valence-corrected chi connectivity index (χ4v) is 3.95. The van der Waals surface area contributed by atoms with E-state index in [0.29, 0.717) is 13.1 Å². The quantitative estimate of drug-likeness (QED) is 0.434. The number of nitrogens with one attached hydrogen (secondary N) is 2. The Morgan fingerprint density at radius 1 is 1.31 bits per heavy atom. The molecule has 10 nitrogen and oxygen atoms in total. The number of halogens is 3. The average molecular weight is 475 g/mol. The topological polar surface area (TPSA) is 107 Å². The standard InChI is InChI=1S/C18H20F3N5O5S/c19-11-7-10(1-2-12(11)24-3-4-26(16(32)23-29)30-6-5-24)25-9-18(31-17(25)28)8-13(18)22-15(27)14(20)21/h1-2,7,13-14,29H,3-6,8-9H2,(H,22,27)(H,23,32)/t13?,18-/m1/s1. The molecule has 0 aromatic heterocycles. The van der Waals surface area contributed by atoms with Crippen LogP contribution in [-0.4, -0.2) is 78.2 Å². The molecule has 1 aliphatic carbocycles. The molecule has 3 N–H and O–H groups in total. The third-order valence-corrected chi connectivity index (χ3v) is 5.86. The van der Waals surface area contributed by atoms with Gasteiger partial charge in [0.25, 0.3) is 5.91 Å². The number of carbonyl (C=O) groups is 2. The van der Waals surface area contributed by atoms with Crippen LogP contribution in [-0.2, 0) is 14.4 Å². The molecule has 1 aromatic rings. The number of thiocarbonyl (C=S) groups is 1. The van der Waals surface area contributed by atoms with E-state index in [-0.39, 0.29) is 42.6 Å². The maximum atomic E-state index is 14.9. The van der Waals surface area contributed by atoms with Crippen molar-refractivity contribution in [1.82, 2.24) is 15.9 Å². The average Bonchev–Trinajstić information content (AvgIpc) is 3.39. The van der Waals surface area contributed by atoms with Gasteiger partial charge in [-0.15, -0.1) is 0 Å². The number of ether oxygens (including phenoxy) is 1. The Labute approximate surface area is 185 Å². The highest BCUT2D eigenvalue weighted by atomic mass is 32.1. The maximum absolute atomic E-state index is 14.9. The predicted octanol–water partition coefficient (Wildman–Crippen LogP) is 0.992. The number of amides is 2. The Balaban J connectivity index is 1.42. The first-order valence-electron chi connectivity index (χ1n) is 9.72. The zero-order valence-electron chi connectivity index (χ0n) is 16.6. The molecule has 2 atom stereocenters. The van der Waals surface area contributed by atoms with Gasteiger partial charge in [-0.3, -0.25) is 19.7 Å². The number of hydrogen-bond acceptors (Lipinski definition) is 7. The fraction of sp³-hybridized carbons (Fsp3) is 0.500. The first-order chi connectivity index (χ1) is 15.2. The van der Waals surface area contributed by atoms with Crippen molar-refractivity contribution in [3.63, 3.8) is 0 Å².